The fourth-order valence-electron chi connectivity index (χ4n) is 2.87. The highest BCUT2D eigenvalue weighted by molar-refractivity contribution is 7.91. The van der Waals surface area contributed by atoms with E-state index in [-0.39, 0.29) is 28.4 Å². The van der Waals surface area contributed by atoms with Crippen LogP contribution in [0, 0.1) is 5.92 Å². The van der Waals surface area contributed by atoms with E-state index >= 15 is 0 Å². The molecule has 25 heavy (non-hydrogen) atoms. The summed E-state index contributed by atoms with van der Waals surface area (Å²) in [6, 6.07) is 5.98. The number of sulfone groups is 1. The second-order valence-electron chi connectivity index (χ2n) is 6.10. The maximum atomic E-state index is 12.6. The molecule has 0 aromatic heterocycles. The Bertz CT molecular complexity index is 716. The van der Waals surface area contributed by atoms with Crippen molar-refractivity contribution in [2.75, 3.05) is 31.9 Å². The lowest BCUT2D eigenvalue weighted by Gasteiger charge is -2.32. The molecule has 7 nitrogen and oxygen atoms in total. The number of piperidine rings is 1. The normalized spacial score (nSPS) is 18.0. The van der Waals surface area contributed by atoms with Crippen LogP contribution in [-0.2, 0) is 14.6 Å². The third kappa shape index (κ3) is 4.79. The molecule has 0 bridgehead atoms. The molecule has 0 spiro atoms. The number of amides is 2. The minimum absolute atomic E-state index is 0.0199. The zero-order chi connectivity index (χ0) is 18.4. The summed E-state index contributed by atoms with van der Waals surface area (Å²) in [5.74, 6) is -0.473. The minimum atomic E-state index is -3.28. The first kappa shape index (κ1) is 19.4. The highest BCUT2D eigenvalue weighted by atomic mass is 32.2. The van der Waals surface area contributed by atoms with E-state index < -0.39 is 9.84 Å². The monoisotopic (exact) mass is 367 g/mol. The van der Waals surface area contributed by atoms with Crippen molar-refractivity contribution < 1.29 is 18.0 Å². The Morgan fingerprint density at radius 3 is 2.56 bits per heavy atom. The van der Waals surface area contributed by atoms with Gasteiger partial charge in [-0.05, 0) is 37.1 Å². The highest BCUT2D eigenvalue weighted by Crippen LogP contribution is 2.20. The van der Waals surface area contributed by atoms with Gasteiger partial charge in [0.25, 0.3) is 5.91 Å². The van der Waals surface area contributed by atoms with Crippen molar-refractivity contribution in [3.63, 3.8) is 0 Å². The van der Waals surface area contributed by atoms with Crippen LogP contribution in [0.25, 0.3) is 0 Å². The Morgan fingerprint density at radius 2 is 1.96 bits per heavy atom. The molecule has 1 heterocycles. The maximum absolute atomic E-state index is 12.6. The molecule has 1 atom stereocenters. The van der Waals surface area contributed by atoms with Crippen molar-refractivity contribution in [3.05, 3.63) is 29.8 Å². The summed E-state index contributed by atoms with van der Waals surface area (Å²) in [6.45, 7) is 3.35. The van der Waals surface area contributed by atoms with Crippen LogP contribution in [0.5, 0.6) is 0 Å². The zero-order valence-electron chi connectivity index (χ0n) is 14.4. The van der Waals surface area contributed by atoms with E-state index in [0.717, 1.165) is 12.8 Å². The van der Waals surface area contributed by atoms with Gasteiger partial charge >= 0.3 is 0 Å². The van der Waals surface area contributed by atoms with Crippen molar-refractivity contribution in [2.45, 2.75) is 24.7 Å². The second kappa shape index (κ2) is 8.44. The van der Waals surface area contributed by atoms with Crippen LogP contribution in [0.4, 0.5) is 0 Å². The quantitative estimate of drug-likeness (QED) is 0.757. The number of carbonyl (C=O) groups is 2. The number of likely N-dealkylation sites (tertiary alicyclic amines) is 1. The first-order valence-electron chi connectivity index (χ1n) is 8.49. The Kier molecular flexibility index (Phi) is 6.55. The molecule has 2 amide bonds. The molecule has 1 aromatic carbocycles. The first-order valence-corrected chi connectivity index (χ1v) is 10.1. The average Bonchev–Trinajstić information content (AvgIpc) is 2.65. The van der Waals surface area contributed by atoms with E-state index in [2.05, 4.69) is 5.32 Å². The van der Waals surface area contributed by atoms with Gasteiger partial charge < -0.3 is 16.0 Å². The SMILES string of the molecule is CCS(=O)(=O)c1ccc(C(=O)N2CCCC(C(=O)NCCN)C2)cc1. The Morgan fingerprint density at radius 1 is 1.28 bits per heavy atom. The number of carbonyl (C=O) groups excluding carboxylic acids is 2. The number of nitrogens with one attached hydrogen (secondary N) is 1. The standard InChI is InChI=1S/C17H25N3O4S/c1-2-25(23,24)15-7-5-13(6-8-15)17(22)20-11-3-4-14(12-20)16(21)19-10-9-18/h5-8,14H,2-4,9-12,18H2,1H3,(H,19,21). The van der Waals surface area contributed by atoms with Crippen LogP contribution in [0.15, 0.2) is 29.2 Å². The molecule has 2 rings (SSSR count). The molecule has 1 aliphatic rings. The van der Waals surface area contributed by atoms with Crippen LogP contribution in [0.3, 0.4) is 0 Å². The summed E-state index contributed by atoms with van der Waals surface area (Å²) >= 11 is 0. The number of hydrogen-bond donors (Lipinski definition) is 2. The Labute approximate surface area is 148 Å². The predicted octanol–water partition coefficient (Wildman–Crippen LogP) is 0.407. The molecule has 8 heteroatoms. The smallest absolute Gasteiger partial charge is 0.253 e. The van der Waals surface area contributed by atoms with Gasteiger partial charge in [0.05, 0.1) is 16.6 Å². The van der Waals surface area contributed by atoms with Gasteiger partial charge in [0.1, 0.15) is 0 Å². The summed E-state index contributed by atoms with van der Waals surface area (Å²) in [4.78, 5) is 26.6. The Hall–Kier alpha value is -1.93. The topological polar surface area (TPSA) is 110 Å². The number of rotatable bonds is 6. The summed E-state index contributed by atoms with van der Waals surface area (Å²) in [5, 5.41) is 2.76. The van der Waals surface area contributed by atoms with Crippen LogP contribution < -0.4 is 11.1 Å². The predicted molar refractivity (Wildman–Crippen MR) is 94.9 cm³/mol. The van der Waals surface area contributed by atoms with Crippen molar-refractivity contribution in [1.82, 2.24) is 10.2 Å². The summed E-state index contributed by atoms with van der Waals surface area (Å²) in [6.07, 6.45) is 1.50. The fraction of sp³-hybridized carbons (Fsp3) is 0.529. The molecule has 0 radical (unpaired) electrons. The van der Waals surface area contributed by atoms with Gasteiger partial charge in [-0.15, -0.1) is 0 Å². The van der Waals surface area contributed by atoms with E-state index in [1.54, 1.807) is 11.8 Å². The van der Waals surface area contributed by atoms with Crippen LogP contribution >= 0.6 is 0 Å². The molecule has 1 fully saturated rings. The zero-order valence-corrected chi connectivity index (χ0v) is 15.2. The third-order valence-corrected chi connectivity index (χ3v) is 6.11. The molecule has 1 aromatic rings. The molecular weight excluding hydrogens is 342 g/mol. The van der Waals surface area contributed by atoms with Crippen LogP contribution in [-0.4, -0.2) is 57.1 Å². The van der Waals surface area contributed by atoms with Gasteiger partial charge in [0, 0.05) is 31.7 Å². The summed E-state index contributed by atoms with van der Waals surface area (Å²) < 4.78 is 23.7. The second-order valence-corrected chi connectivity index (χ2v) is 8.38. The van der Waals surface area contributed by atoms with Gasteiger partial charge in [0.2, 0.25) is 5.91 Å². The number of benzene rings is 1. The van der Waals surface area contributed by atoms with Crippen molar-refractivity contribution in [2.24, 2.45) is 11.7 Å². The van der Waals surface area contributed by atoms with E-state index in [1.807, 2.05) is 0 Å². The summed E-state index contributed by atoms with van der Waals surface area (Å²) in [7, 11) is -3.28. The molecule has 1 aliphatic heterocycles. The molecule has 1 unspecified atom stereocenters. The van der Waals surface area contributed by atoms with Crippen LogP contribution in [0.2, 0.25) is 0 Å². The number of nitrogens with zero attached hydrogens (tertiary/aromatic N) is 1. The van der Waals surface area contributed by atoms with Gasteiger partial charge in [-0.2, -0.15) is 0 Å². The number of hydrogen-bond acceptors (Lipinski definition) is 5. The van der Waals surface area contributed by atoms with Crippen molar-refractivity contribution in [1.29, 1.82) is 0 Å². The maximum Gasteiger partial charge on any atom is 0.253 e. The fourth-order valence-corrected chi connectivity index (χ4v) is 3.75. The molecule has 0 aliphatic carbocycles. The van der Waals surface area contributed by atoms with Gasteiger partial charge in [0.15, 0.2) is 9.84 Å². The van der Waals surface area contributed by atoms with E-state index in [0.29, 0.717) is 31.7 Å². The number of nitrogens with two attached hydrogens (primary N) is 1. The van der Waals surface area contributed by atoms with Gasteiger partial charge in [-0.25, -0.2) is 8.42 Å². The first-order chi connectivity index (χ1) is 11.9. The molecule has 1 saturated heterocycles. The van der Waals surface area contributed by atoms with Crippen molar-refractivity contribution >= 4 is 21.7 Å². The summed E-state index contributed by atoms with van der Waals surface area (Å²) in [5.41, 5.74) is 5.82. The van der Waals surface area contributed by atoms with Crippen LogP contribution in [0.1, 0.15) is 30.1 Å². The molecule has 138 valence electrons. The van der Waals surface area contributed by atoms with Gasteiger partial charge in [-0.1, -0.05) is 6.92 Å². The molecule has 0 saturated carbocycles. The van der Waals surface area contributed by atoms with Gasteiger partial charge in [-0.3, -0.25) is 9.59 Å². The Balaban J connectivity index is 2.05. The van der Waals surface area contributed by atoms with E-state index in [1.165, 1.54) is 24.3 Å². The lowest BCUT2D eigenvalue weighted by atomic mass is 9.96. The molecule has 3 N–H and O–H groups in total. The van der Waals surface area contributed by atoms with E-state index in [4.69, 9.17) is 5.73 Å². The lowest BCUT2D eigenvalue weighted by Crippen LogP contribution is -2.46. The highest BCUT2D eigenvalue weighted by Gasteiger charge is 2.28. The third-order valence-electron chi connectivity index (χ3n) is 4.36. The minimum Gasteiger partial charge on any atom is -0.355 e. The van der Waals surface area contributed by atoms with Crippen molar-refractivity contribution in [3.8, 4) is 0 Å². The van der Waals surface area contributed by atoms with E-state index in [9.17, 15) is 18.0 Å². The lowest BCUT2D eigenvalue weighted by molar-refractivity contribution is -0.126. The largest absolute Gasteiger partial charge is 0.355 e. The molecular formula is C17H25N3O4S. The average molecular weight is 367 g/mol.